The second-order valence-electron chi connectivity index (χ2n) is 8.40. The van der Waals surface area contributed by atoms with E-state index in [-0.39, 0.29) is 6.03 Å². The van der Waals surface area contributed by atoms with E-state index in [2.05, 4.69) is 33.4 Å². The van der Waals surface area contributed by atoms with Gasteiger partial charge in [-0.1, -0.05) is 29.3 Å². The maximum Gasteiger partial charge on any atom is 0.314 e. The third-order valence-corrected chi connectivity index (χ3v) is 7.21. The van der Waals surface area contributed by atoms with E-state index in [0.717, 1.165) is 50.6 Å². The van der Waals surface area contributed by atoms with Gasteiger partial charge in [0.05, 0.1) is 15.7 Å². The van der Waals surface area contributed by atoms with Gasteiger partial charge >= 0.3 is 6.03 Å². The molecule has 2 amide bonds. The maximum absolute atomic E-state index is 11.7. The predicted octanol–water partition coefficient (Wildman–Crippen LogP) is 4.77. The fourth-order valence-electron chi connectivity index (χ4n) is 4.71. The SMILES string of the molecule is CCNC(=O)N[C@H]1CC[C@H](CC(C)N2CCN(c3cccc(Cl)c3Cl)CC2)CC1. The molecule has 29 heavy (non-hydrogen) atoms. The van der Waals surface area contributed by atoms with Gasteiger partial charge in [-0.15, -0.1) is 0 Å². The zero-order chi connectivity index (χ0) is 20.8. The fourth-order valence-corrected chi connectivity index (χ4v) is 5.13. The Hall–Kier alpha value is -1.17. The van der Waals surface area contributed by atoms with Crippen molar-refractivity contribution in [3.05, 3.63) is 28.2 Å². The highest BCUT2D eigenvalue weighted by Crippen LogP contribution is 2.34. The zero-order valence-electron chi connectivity index (χ0n) is 17.6. The summed E-state index contributed by atoms with van der Waals surface area (Å²) in [6.07, 6.45) is 5.84. The molecule has 5 nitrogen and oxygen atoms in total. The summed E-state index contributed by atoms with van der Waals surface area (Å²) >= 11 is 12.6. The molecule has 1 aliphatic carbocycles. The van der Waals surface area contributed by atoms with Crippen molar-refractivity contribution in [1.82, 2.24) is 15.5 Å². The molecule has 3 rings (SSSR count). The largest absolute Gasteiger partial charge is 0.368 e. The Morgan fingerprint density at radius 3 is 2.48 bits per heavy atom. The Bertz CT molecular complexity index is 671. The number of piperazine rings is 1. The summed E-state index contributed by atoms with van der Waals surface area (Å²) < 4.78 is 0. The van der Waals surface area contributed by atoms with Crippen LogP contribution in [0.2, 0.25) is 10.0 Å². The molecule has 1 aliphatic heterocycles. The van der Waals surface area contributed by atoms with Gasteiger partial charge < -0.3 is 15.5 Å². The van der Waals surface area contributed by atoms with E-state index in [1.807, 2.05) is 19.1 Å². The summed E-state index contributed by atoms with van der Waals surface area (Å²) in [5.41, 5.74) is 1.05. The number of urea groups is 1. The average molecular weight is 441 g/mol. The number of nitrogens with one attached hydrogen (secondary N) is 2. The summed E-state index contributed by atoms with van der Waals surface area (Å²) in [7, 11) is 0. The number of carbonyl (C=O) groups excluding carboxylic acids is 1. The van der Waals surface area contributed by atoms with Crippen LogP contribution in [0.1, 0.15) is 46.0 Å². The van der Waals surface area contributed by atoms with Gasteiger partial charge in [0.1, 0.15) is 0 Å². The van der Waals surface area contributed by atoms with Gasteiger partial charge in [-0.3, -0.25) is 4.90 Å². The van der Waals surface area contributed by atoms with E-state index in [4.69, 9.17) is 23.2 Å². The van der Waals surface area contributed by atoms with Crippen LogP contribution in [0.25, 0.3) is 0 Å². The monoisotopic (exact) mass is 440 g/mol. The number of anilines is 1. The molecule has 0 bridgehead atoms. The Morgan fingerprint density at radius 2 is 1.83 bits per heavy atom. The van der Waals surface area contributed by atoms with Crippen LogP contribution in [0.5, 0.6) is 0 Å². The van der Waals surface area contributed by atoms with Gasteiger partial charge in [0.25, 0.3) is 0 Å². The van der Waals surface area contributed by atoms with Crippen molar-refractivity contribution in [2.75, 3.05) is 37.6 Å². The standard InChI is InChI=1S/C22H34Cl2N4O/c1-3-25-22(29)26-18-9-7-17(8-10-18)15-16(2)27-11-13-28(14-12-27)20-6-4-5-19(23)21(20)24/h4-6,16-18H,3,7-15H2,1-2H3,(H2,25,26,29)/t16?,17-,18-. The number of hydrogen-bond acceptors (Lipinski definition) is 3. The number of carbonyl (C=O) groups is 1. The molecule has 2 aliphatic rings. The minimum absolute atomic E-state index is 0.0259. The smallest absolute Gasteiger partial charge is 0.314 e. The first-order valence-corrected chi connectivity index (χ1v) is 11.7. The van der Waals surface area contributed by atoms with Crippen LogP contribution in [-0.4, -0.2) is 55.7 Å². The van der Waals surface area contributed by atoms with Crippen LogP contribution in [0.15, 0.2) is 18.2 Å². The number of rotatable bonds is 6. The lowest BCUT2D eigenvalue weighted by Crippen LogP contribution is -2.50. The van der Waals surface area contributed by atoms with Gasteiger partial charge in [-0.05, 0) is 64.0 Å². The lowest BCUT2D eigenvalue weighted by Gasteiger charge is -2.41. The number of hydrogen-bond donors (Lipinski definition) is 2. The minimum atomic E-state index is -0.0259. The van der Waals surface area contributed by atoms with E-state index in [9.17, 15) is 4.79 Å². The molecule has 1 aromatic rings. The molecule has 1 atom stereocenters. The van der Waals surface area contributed by atoms with Crippen molar-refractivity contribution < 1.29 is 4.79 Å². The van der Waals surface area contributed by atoms with Crippen LogP contribution < -0.4 is 15.5 Å². The van der Waals surface area contributed by atoms with Crippen molar-refractivity contribution in [2.45, 2.75) is 58.0 Å². The van der Waals surface area contributed by atoms with E-state index < -0.39 is 0 Å². The Balaban J connectivity index is 1.41. The molecule has 1 saturated heterocycles. The molecule has 1 heterocycles. The summed E-state index contributed by atoms with van der Waals surface area (Å²) in [6.45, 7) is 9.05. The summed E-state index contributed by atoms with van der Waals surface area (Å²) in [6, 6.07) is 6.76. The lowest BCUT2D eigenvalue weighted by molar-refractivity contribution is 0.154. The molecule has 162 valence electrons. The van der Waals surface area contributed by atoms with Gasteiger partial charge in [-0.2, -0.15) is 0 Å². The maximum atomic E-state index is 11.7. The van der Waals surface area contributed by atoms with Crippen LogP contribution >= 0.6 is 23.2 Å². The van der Waals surface area contributed by atoms with E-state index in [1.165, 1.54) is 19.3 Å². The third kappa shape index (κ3) is 6.16. The first-order chi connectivity index (χ1) is 14.0. The van der Waals surface area contributed by atoms with E-state index in [0.29, 0.717) is 28.7 Å². The van der Waals surface area contributed by atoms with Gasteiger partial charge in [0, 0.05) is 44.8 Å². The van der Waals surface area contributed by atoms with Gasteiger partial charge in [0.2, 0.25) is 0 Å². The van der Waals surface area contributed by atoms with Gasteiger partial charge in [0.15, 0.2) is 0 Å². The van der Waals surface area contributed by atoms with Crippen LogP contribution in [0.3, 0.4) is 0 Å². The Labute approximate surface area is 185 Å². The van der Waals surface area contributed by atoms with Crippen molar-refractivity contribution in [3.63, 3.8) is 0 Å². The summed E-state index contributed by atoms with van der Waals surface area (Å²) in [5, 5.41) is 7.21. The van der Waals surface area contributed by atoms with Crippen LogP contribution in [-0.2, 0) is 0 Å². The molecule has 2 fully saturated rings. The predicted molar refractivity (Wildman–Crippen MR) is 122 cm³/mol. The summed E-state index contributed by atoms with van der Waals surface area (Å²) in [5.74, 6) is 0.762. The third-order valence-electron chi connectivity index (χ3n) is 6.40. The van der Waals surface area contributed by atoms with Crippen molar-refractivity contribution in [1.29, 1.82) is 0 Å². The number of benzene rings is 1. The highest BCUT2D eigenvalue weighted by Gasteiger charge is 2.27. The molecule has 0 spiro atoms. The Morgan fingerprint density at radius 1 is 1.14 bits per heavy atom. The van der Waals surface area contributed by atoms with Crippen LogP contribution in [0.4, 0.5) is 10.5 Å². The van der Waals surface area contributed by atoms with Gasteiger partial charge in [-0.25, -0.2) is 4.79 Å². The molecular formula is C22H34Cl2N4O. The molecule has 1 saturated carbocycles. The molecule has 1 aromatic carbocycles. The van der Waals surface area contributed by atoms with Crippen molar-refractivity contribution in [2.24, 2.45) is 5.92 Å². The number of nitrogens with zero attached hydrogens (tertiary/aromatic N) is 2. The topological polar surface area (TPSA) is 47.6 Å². The molecule has 0 radical (unpaired) electrons. The lowest BCUT2D eigenvalue weighted by atomic mass is 9.82. The van der Waals surface area contributed by atoms with E-state index >= 15 is 0 Å². The molecular weight excluding hydrogens is 407 g/mol. The second kappa shape index (κ2) is 10.7. The highest BCUT2D eigenvalue weighted by molar-refractivity contribution is 6.43. The second-order valence-corrected chi connectivity index (χ2v) is 9.19. The number of amides is 2. The fraction of sp³-hybridized carbons (Fsp3) is 0.682. The molecule has 2 N–H and O–H groups in total. The number of halogens is 2. The zero-order valence-corrected chi connectivity index (χ0v) is 19.1. The first-order valence-electron chi connectivity index (χ1n) is 10.9. The van der Waals surface area contributed by atoms with Crippen molar-refractivity contribution >= 4 is 34.9 Å². The average Bonchev–Trinajstić information content (AvgIpc) is 2.72. The normalized spacial score (nSPS) is 24.2. The molecule has 7 heteroatoms. The quantitative estimate of drug-likeness (QED) is 0.669. The molecule has 1 unspecified atom stereocenters. The van der Waals surface area contributed by atoms with Crippen molar-refractivity contribution in [3.8, 4) is 0 Å². The highest BCUT2D eigenvalue weighted by atomic mass is 35.5. The minimum Gasteiger partial charge on any atom is -0.368 e. The summed E-state index contributed by atoms with van der Waals surface area (Å²) in [4.78, 5) is 16.6. The Kier molecular flexibility index (Phi) is 8.34. The van der Waals surface area contributed by atoms with Crippen LogP contribution in [0, 0.1) is 5.92 Å². The molecule has 0 aromatic heterocycles. The first kappa shape index (κ1) is 22.5. The van der Waals surface area contributed by atoms with E-state index in [1.54, 1.807) is 0 Å².